The fourth-order valence-electron chi connectivity index (χ4n) is 2.28. The number of para-hydroxylation sites is 2. The van der Waals surface area contributed by atoms with Gasteiger partial charge < -0.3 is 20.7 Å². The zero-order valence-corrected chi connectivity index (χ0v) is 13.0. The van der Waals surface area contributed by atoms with Crippen molar-refractivity contribution in [2.24, 2.45) is 12.8 Å². The van der Waals surface area contributed by atoms with Crippen LogP contribution in [-0.4, -0.2) is 15.5 Å². The Bertz CT molecular complexity index is 909. The van der Waals surface area contributed by atoms with Gasteiger partial charge in [0.25, 0.3) is 16.7 Å². The molecule has 0 aliphatic heterocycles. The topological polar surface area (TPSA) is 115 Å². The first-order chi connectivity index (χ1) is 11.0. The van der Waals surface area contributed by atoms with Crippen molar-refractivity contribution in [2.45, 2.75) is 10.9 Å². The molecule has 0 atom stereocenters. The molecule has 9 heteroatoms. The third-order valence-electron chi connectivity index (χ3n) is 3.39. The average Bonchev–Trinajstić information content (AvgIpc) is 2.94. The summed E-state index contributed by atoms with van der Waals surface area (Å²) >= 11 is 1.24. The summed E-state index contributed by atoms with van der Waals surface area (Å²) in [6.07, 6.45) is 3.38. The number of benzene rings is 1. The maximum atomic E-state index is 12.6. The lowest BCUT2D eigenvalue weighted by Gasteiger charge is -2.11. The lowest BCUT2D eigenvalue weighted by molar-refractivity contribution is -0.635. The molecule has 0 unspecified atom stereocenters. The number of amides is 1. The van der Waals surface area contributed by atoms with Crippen molar-refractivity contribution in [1.29, 1.82) is 0 Å². The van der Waals surface area contributed by atoms with E-state index in [-0.39, 0.29) is 28.2 Å². The normalized spacial score (nSPS) is 11.0. The molecule has 0 spiro atoms. The van der Waals surface area contributed by atoms with E-state index in [9.17, 15) is 15.2 Å². The predicted molar refractivity (Wildman–Crippen MR) is 83.2 cm³/mol. The molecule has 0 fully saturated rings. The van der Waals surface area contributed by atoms with Gasteiger partial charge in [-0.25, -0.2) is 4.98 Å². The van der Waals surface area contributed by atoms with Gasteiger partial charge in [-0.05, 0) is 0 Å². The highest BCUT2D eigenvalue weighted by Crippen LogP contribution is 2.21. The molecule has 0 saturated heterocycles. The Kier molecular flexibility index (Phi) is 3.78. The Labute approximate surface area is 135 Å². The van der Waals surface area contributed by atoms with Gasteiger partial charge in [-0.2, -0.15) is 4.73 Å². The Balaban J connectivity index is 2.14. The van der Waals surface area contributed by atoms with Crippen LogP contribution >= 0.6 is 11.8 Å². The van der Waals surface area contributed by atoms with Crippen molar-refractivity contribution in [3.05, 3.63) is 58.5 Å². The van der Waals surface area contributed by atoms with Gasteiger partial charge in [0.1, 0.15) is 0 Å². The van der Waals surface area contributed by atoms with Crippen LogP contribution in [0.4, 0.5) is 0 Å². The zero-order chi connectivity index (χ0) is 16.6. The minimum absolute atomic E-state index is 0.0131. The molecule has 3 aromatic rings. The van der Waals surface area contributed by atoms with E-state index in [4.69, 9.17) is 5.73 Å². The van der Waals surface area contributed by atoms with Crippen molar-refractivity contribution in [1.82, 2.24) is 9.55 Å². The maximum absolute atomic E-state index is 12.6. The zero-order valence-electron chi connectivity index (χ0n) is 12.2. The Morgan fingerprint density at radius 2 is 1.96 bits per heavy atom. The van der Waals surface area contributed by atoms with Gasteiger partial charge in [-0.3, -0.25) is 4.79 Å². The van der Waals surface area contributed by atoms with E-state index in [1.807, 2.05) is 7.05 Å². The SMILES string of the molecule is Cn1ccnc1SCc1c(C(N)=O)[n+]([O-])c2ccccc2[n+]1[O-]. The highest BCUT2D eigenvalue weighted by Gasteiger charge is 2.32. The number of imidazole rings is 1. The molecule has 0 bridgehead atoms. The minimum atomic E-state index is -0.939. The van der Waals surface area contributed by atoms with Crippen LogP contribution in [0.25, 0.3) is 11.0 Å². The van der Waals surface area contributed by atoms with E-state index in [1.165, 1.54) is 23.9 Å². The molecule has 2 aromatic heterocycles. The third kappa shape index (κ3) is 2.55. The number of nitrogens with two attached hydrogens (primary N) is 1. The van der Waals surface area contributed by atoms with Gasteiger partial charge in [-0.1, -0.05) is 23.9 Å². The van der Waals surface area contributed by atoms with Crippen LogP contribution in [-0.2, 0) is 12.8 Å². The highest BCUT2D eigenvalue weighted by molar-refractivity contribution is 7.98. The Morgan fingerprint density at radius 3 is 2.52 bits per heavy atom. The first-order valence-corrected chi connectivity index (χ1v) is 7.66. The monoisotopic (exact) mass is 331 g/mol. The van der Waals surface area contributed by atoms with Gasteiger partial charge >= 0.3 is 11.6 Å². The van der Waals surface area contributed by atoms with Crippen molar-refractivity contribution in [2.75, 3.05) is 0 Å². The van der Waals surface area contributed by atoms with Crippen molar-refractivity contribution in [3.63, 3.8) is 0 Å². The van der Waals surface area contributed by atoms with E-state index < -0.39 is 5.91 Å². The van der Waals surface area contributed by atoms with Crippen molar-refractivity contribution in [3.8, 4) is 0 Å². The van der Waals surface area contributed by atoms with Crippen LogP contribution in [0.2, 0.25) is 0 Å². The first kappa shape index (κ1) is 15.1. The molecule has 8 nitrogen and oxygen atoms in total. The standard InChI is InChI=1S/C14H13N5O3S/c1-17-7-6-16-14(17)23-8-11-12(13(15)20)19(22)10-5-3-2-4-9(10)18(11)21/h2-7H,8H2,1H3,(H2,15,20). The van der Waals surface area contributed by atoms with Gasteiger partial charge in [0.15, 0.2) is 5.16 Å². The fourth-order valence-corrected chi connectivity index (χ4v) is 3.20. The second-order valence-corrected chi connectivity index (χ2v) is 5.79. The Hall–Kier alpha value is -2.81. The quantitative estimate of drug-likeness (QED) is 0.417. The lowest BCUT2D eigenvalue weighted by Crippen LogP contribution is -2.48. The second kappa shape index (κ2) is 5.76. The maximum Gasteiger partial charge on any atom is 0.351 e. The number of nitrogens with zero attached hydrogens (tertiary/aromatic N) is 4. The number of aryl methyl sites for hydroxylation is 1. The second-order valence-electron chi connectivity index (χ2n) is 4.85. The molecule has 0 aliphatic rings. The first-order valence-electron chi connectivity index (χ1n) is 6.67. The molecule has 0 radical (unpaired) electrons. The van der Waals surface area contributed by atoms with E-state index >= 15 is 0 Å². The molecule has 3 rings (SSSR count). The van der Waals surface area contributed by atoms with Crippen LogP contribution < -0.4 is 15.2 Å². The van der Waals surface area contributed by atoms with Gasteiger partial charge in [0, 0.05) is 31.6 Å². The average molecular weight is 331 g/mol. The van der Waals surface area contributed by atoms with Gasteiger partial charge in [0.2, 0.25) is 0 Å². The van der Waals surface area contributed by atoms with Crippen molar-refractivity contribution < 1.29 is 14.3 Å². The van der Waals surface area contributed by atoms with Crippen LogP contribution in [0.3, 0.4) is 0 Å². The molecule has 1 aromatic carbocycles. The van der Waals surface area contributed by atoms with Crippen molar-refractivity contribution >= 4 is 28.7 Å². The number of carbonyl (C=O) groups is 1. The van der Waals surface area contributed by atoms with E-state index in [0.717, 1.165) is 0 Å². The van der Waals surface area contributed by atoms with Crippen LogP contribution in [0.15, 0.2) is 41.8 Å². The number of fused-ring (bicyclic) bond motifs is 1. The number of carbonyl (C=O) groups excluding carboxylic acids is 1. The highest BCUT2D eigenvalue weighted by atomic mass is 32.2. The summed E-state index contributed by atoms with van der Waals surface area (Å²) < 4.78 is 2.77. The molecule has 2 N–H and O–H groups in total. The lowest BCUT2D eigenvalue weighted by atomic mass is 10.2. The van der Waals surface area contributed by atoms with Crippen LogP contribution in [0, 0.1) is 10.4 Å². The molecular weight excluding hydrogens is 318 g/mol. The number of aromatic nitrogens is 4. The molecule has 118 valence electrons. The number of thioether (sulfide) groups is 1. The predicted octanol–water partition coefficient (Wildman–Crippen LogP) is 0.231. The summed E-state index contributed by atoms with van der Waals surface area (Å²) in [5, 5.41) is 25.6. The molecule has 1 amide bonds. The van der Waals surface area contributed by atoms with Crippen LogP contribution in [0.1, 0.15) is 16.2 Å². The molecule has 23 heavy (non-hydrogen) atoms. The summed E-state index contributed by atoms with van der Waals surface area (Å²) in [5.41, 5.74) is 5.26. The summed E-state index contributed by atoms with van der Waals surface area (Å²) in [6.45, 7) is 0. The largest absolute Gasteiger partial charge is 0.618 e. The minimum Gasteiger partial charge on any atom is -0.618 e. The summed E-state index contributed by atoms with van der Waals surface area (Å²) in [6, 6.07) is 6.26. The molecule has 2 heterocycles. The number of rotatable bonds is 4. The van der Waals surface area contributed by atoms with Gasteiger partial charge in [0.05, 0.1) is 5.75 Å². The molecule has 0 saturated carbocycles. The summed E-state index contributed by atoms with van der Waals surface area (Å²) in [7, 11) is 1.81. The van der Waals surface area contributed by atoms with Crippen LogP contribution in [0.5, 0.6) is 0 Å². The molecular formula is C14H13N5O3S. The summed E-state index contributed by atoms with van der Waals surface area (Å²) in [4.78, 5) is 15.8. The number of hydrogen-bond acceptors (Lipinski definition) is 5. The number of hydrogen-bond donors (Lipinski definition) is 1. The van der Waals surface area contributed by atoms with E-state index in [0.29, 0.717) is 14.6 Å². The Morgan fingerprint density at radius 1 is 1.30 bits per heavy atom. The van der Waals surface area contributed by atoms with E-state index in [1.54, 1.807) is 29.1 Å². The third-order valence-corrected chi connectivity index (χ3v) is 4.46. The summed E-state index contributed by atoms with van der Waals surface area (Å²) in [5.74, 6) is -0.842. The van der Waals surface area contributed by atoms with E-state index in [2.05, 4.69) is 4.98 Å². The molecule has 0 aliphatic carbocycles. The smallest absolute Gasteiger partial charge is 0.351 e. The fraction of sp³-hybridized carbons (Fsp3) is 0.143. The number of primary amides is 1. The van der Waals surface area contributed by atoms with Gasteiger partial charge in [-0.15, -0.1) is 4.73 Å².